The molecule has 0 unspecified atom stereocenters. The highest BCUT2D eigenvalue weighted by Gasteiger charge is 2.16. The van der Waals surface area contributed by atoms with E-state index in [0.29, 0.717) is 5.69 Å². The van der Waals surface area contributed by atoms with Gasteiger partial charge in [-0.05, 0) is 43.5 Å². The maximum Gasteiger partial charge on any atom is 0.256 e. The van der Waals surface area contributed by atoms with Crippen molar-refractivity contribution in [2.75, 3.05) is 5.73 Å². The summed E-state index contributed by atoms with van der Waals surface area (Å²) in [6, 6.07) is 6.56. The van der Waals surface area contributed by atoms with Crippen molar-refractivity contribution in [3.8, 4) is 5.69 Å². The molecule has 1 aromatic carbocycles. The van der Waals surface area contributed by atoms with Gasteiger partial charge in [0.1, 0.15) is 5.82 Å². The second-order valence-electron chi connectivity index (χ2n) is 4.84. The smallest absolute Gasteiger partial charge is 0.256 e. The van der Waals surface area contributed by atoms with Crippen LogP contribution in [-0.2, 0) is 0 Å². The molecular formula is C15H17N3O2. The number of aromatic nitrogens is 1. The van der Waals surface area contributed by atoms with Crippen LogP contribution in [0.2, 0.25) is 0 Å². The number of nitrogen functional groups attached to an aromatic ring is 1. The average molecular weight is 271 g/mol. The zero-order chi connectivity index (χ0) is 15.0. The van der Waals surface area contributed by atoms with Gasteiger partial charge in [-0.15, -0.1) is 0 Å². The molecule has 5 nitrogen and oxygen atoms in total. The van der Waals surface area contributed by atoms with Crippen LogP contribution in [0.3, 0.4) is 0 Å². The first-order chi connectivity index (χ1) is 9.34. The van der Waals surface area contributed by atoms with Crippen molar-refractivity contribution in [3.63, 3.8) is 0 Å². The van der Waals surface area contributed by atoms with Crippen LogP contribution in [0.4, 0.5) is 5.82 Å². The van der Waals surface area contributed by atoms with E-state index in [9.17, 15) is 9.59 Å². The van der Waals surface area contributed by atoms with Gasteiger partial charge in [0.15, 0.2) is 0 Å². The van der Waals surface area contributed by atoms with Crippen LogP contribution in [-0.4, -0.2) is 10.5 Å². The van der Waals surface area contributed by atoms with Crippen molar-refractivity contribution in [1.82, 2.24) is 4.57 Å². The maximum atomic E-state index is 12.2. The number of hydrogen-bond donors (Lipinski definition) is 2. The second-order valence-corrected chi connectivity index (χ2v) is 4.84. The molecule has 20 heavy (non-hydrogen) atoms. The molecule has 2 aromatic rings. The Morgan fingerprint density at radius 3 is 2.25 bits per heavy atom. The van der Waals surface area contributed by atoms with Gasteiger partial charge in [0.2, 0.25) is 0 Å². The van der Waals surface area contributed by atoms with Crippen molar-refractivity contribution in [2.24, 2.45) is 5.73 Å². The van der Waals surface area contributed by atoms with E-state index in [1.165, 1.54) is 16.7 Å². The Hall–Kier alpha value is -2.56. The van der Waals surface area contributed by atoms with Crippen LogP contribution in [0.25, 0.3) is 5.69 Å². The zero-order valence-electron chi connectivity index (χ0n) is 11.7. The first-order valence-corrected chi connectivity index (χ1v) is 6.23. The van der Waals surface area contributed by atoms with E-state index in [2.05, 4.69) is 0 Å². The third-order valence-corrected chi connectivity index (χ3v) is 3.52. The summed E-state index contributed by atoms with van der Waals surface area (Å²) in [7, 11) is 0. The zero-order valence-corrected chi connectivity index (χ0v) is 11.7. The van der Waals surface area contributed by atoms with Crippen molar-refractivity contribution < 1.29 is 4.79 Å². The lowest BCUT2D eigenvalue weighted by Crippen LogP contribution is -2.26. The summed E-state index contributed by atoms with van der Waals surface area (Å²) in [5.41, 5.74) is 14.7. The number of anilines is 1. The lowest BCUT2D eigenvalue weighted by Gasteiger charge is -2.17. The maximum absolute atomic E-state index is 12.2. The molecule has 0 aliphatic carbocycles. The highest BCUT2D eigenvalue weighted by Crippen LogP contribution is 2.24. The Morgan fingerprint density at radius 1 is 1.05 bits per heavy atom. The Bertz CT molecular complexity index is 760. The average Bonchev–Trinajstić information content (AvgIpc) is 2.37. The summed E-state index contributed by atoms with van der Waals surface area (Å²) < 4.78 is 1.34. The highest BCUT2D eigenvalue weighted by molar-refractivity contribution is 5.97. The molecule has 1 aromatic heterocycles. The Labute approximate surface area is 116 Å². The van der Waals surface area contributed by atoms with Crippen LogP contribution in [0.1, 0.15) is 27.0 Å². The third-order valence-electron chi connectivity index (χ3n) is 3.52. The van der Waals surface area contributed by atoms with Gasteiger partial charge in [-0.2, -0.15) is 0 Å². The molecule has 4 N–H and O–H groups in total. The van der Waals surface area contributed by atoms with E-state index in [1.807, 2.05) is 32.9 Å². The fourth-order valence-electron chi connectivity index (χ4n) is 2.27. The summed E-state index contributed by atoms with van der Waals surface area (Å²) in [6.45, 7) is 5.77. The molecule has 2 rings (SSSR count). The van der Waals surface area contributed by atoms with E-state index in [1.54, 1.807) is 0 Å². The molecular weight excluding hydrogens is 254 g/mol. The second kappa shape index (κ2) is 4.85. The molecule has 1 amide bonds. The van der Waals surface area contributed by atoms with Crippen molar-refractivity contribution >= 4 is 11.7 Å². The standard InChI is InChI=1S/C15H17N3O2/c1-8-4-5-9(2)13(10(8)3)18-12(19)7-6-11(14(18)16)15(17)20/h4-7H,16H2,1-3H3,(H2,17,20). The van der Waals surface area contributed by atoms with Gasteiger partial charge in [-0.3, -0.25) is 14.2 Å². The first-order valence-electron chi connectivity index (χ1n) is 6.23. The van der Waals surface area contributed by atoms with Gasteiger partial charge in [0.05, 0.1) is 11.3 Å². The number of benzene rings is 1. The fourth-order valence-corrected chi connectivity index (χ4v) is 2.27. The van der Waals surface area contributed by atoms with Crippen LogP contribution in [0, 0.1) is 20.8 Å². The minimum absolute atomic E-state index is 0.0711. The number of carbonyl (C=O) groups excluding carboxylic acids is 1. The largest absolute Gasteiger partial charge is 0.384 e. The number of rotatable bonds is 2. The van der Waals surface area contributed by atoms with E-state index < -0.39 is 5.91 Å². The monoisotopic (exact) mass is 271 g/mol. The van der Waals surface area contributed by atoms with Gasteiger partial charge >= 0.3 is 0 Å². The van der Waals surface area contributed by atoms with Gasteiger partial charge in [-0.1, -0.05) is 12.1 Å². The number of carbonyl (C=O) groups is 1. The lowest BCUT2D eigenvalue weighted by molar-refractivity contribution is 0.100. The third kappa shape index (κ3) is 2.07. The van der Waals surface area contributed by atoms with Crippen LogP contribution < -0.4 is 17.0 Å². The van der Waals surface area contributed by atoms with Crippen molar-refractivity contribution in [1.29, 1.82) is 0 Å². The summed E-state index contributed by atoms with van der Waals surface area (Å²) in [5, 5.41) is 0. The number of amides is 1. The minimum atomic E-state index is -0.654. The fraction of sp³-hybridized carbons (Fsp3) is 0.200. The Morgan fingerprint density at radius 2 is 1.65 bits per heavy atom. The molecule has 0 aliphatic rings. The molecule has 0 saturated heterocycles. The number of nitrogens with two attached hydrogens (primary N) is 2. The Kier molecular flexibility index (Phi) is 3.36. The summed E-state index contributed by atoms with van der Waals surface area (Å²) in [6.07, 6.45) is 0. The number of nitrogens with zero attached hydrogens (tertiary/aromatic N) is 1. The molecule has 0 bridgehead atoms. The van der Waals surface area contributed by atoms with Gasteiger partial charge < -0.3 is 11.5 Å². The predicted molar refractivity (Wildman–Crippen MR) is 79.2 cm³/mol. The molecule has 5 heteroatoms. The van der Waals surface area contributed by atoms with Gasteiger partial charge in [0, 0.05) is 6.07 Å². The molecule has 0 atom stereocenters. The SMILES string of the molecule is Cc1ccc(C)c(-n2c(N)c(C(N)=O)ccc2=O)c1C. The summed E-state index contributed by atoms with van der Waals surface area (Å²) in [5.74, 6) is -0.582. The summed E-state index contributed by atoms with van der Waals surface area (Å²) >= 11 is 0. The predicted octanol–water partition coefficient (Wildman–Crippen LogP) is 1.44. The van der Waals surface area contributed by atoms with Crippen LogP contribution in [0.15, 0.2) is 29.1 Å². The van der Waals surface area contributed by atoms with E-state index in [4.69, 9.17) is 11.5 Å². The van der Waals surface area contributed by atoms with Gasteiger partial charge in [0.25, 0.3) is 11.5 Å². The molecule has 1 heterocycles. The van der Waals surface area contributed by atoms with Crippen LogP contribution in [0.5, 0.6) is 0 Å². The lowest BCUT2D eigenvalue weighted by atomic mass is 10.0. The normalized spacial score (nSPS) is 10.6. The number of primary amides is 1. The molecule has 0 aliphatic heterocycles. The minimum Gasteiger partial charge on any atom is -0.384 e. The number of aryl methyl sites for hydroxylation is 2. The highest BCUT2D eigenvalue weighted by atomic mass is 16.1. The molecule has 0 saturated carbocycles. The Balaban J connectivity index is 2.90. The molecule has 0 radical (unpaired) electrons. The summed E-state index contributed by atoms with van der Waals surface area (Å²) in [4.78, 5) is 23.5. The van der Waals surface area contributed by atoms with Gasteiger partial charge in [-0.25, -0.2) is 0 Å². The van der Waals surface area contributed by atoms with Crippen molar-refractivity contribution in [2.45, 2.75) is 20.8 Å². The van der Waals surface area contributed by atoms with Crippen molar-refractivity contribution in [3.05, 3.63) is 56.9 Å². The molecule has 104 valence electrons. The quantitative estimate of drug-likeness (QED) is 0.865. The topological polar surface area (TPSA) is 91.1 Å². The first kappa shape index (κ1) is 13.9. The van der Waals surface area contributed by atoms with E-state index >= 15 is 0 Å². The van der Waals surface area contributed by atoms with E-state index in [0.717, 1.165) is 16.7 Å². The molecule has 0 fully saturated rings. The number of pyridine rings is 1. The molecule has 0 spiro atoms. The van der Waals surface area contributed by atoms with Crippen LogP contribution >= 0.6 is 0 Å². The number of hydrogen-bond acceptors (Lipinski definition) is 3. The van der Waals surface area contributed by atoms with E-state index in [-0.39, 0.29) is 16.9 Å².